The van der Waals surface area contributed by atoms with E-state index in [-0.39, 0.29) is 17.4 Å². The number of nitrogens with two attached hydrogens (primary N) is 1. The summed E-state index contributed by atoms with van der Waals surface area (Å²) in [6.45, 7) is 2.36. The second-order valence-electron chi connectivity index (χ2n) is 6.59. The van der Waals surface area contributed by atoms with Crippen molar-refractivity contribution in [3.63, 3.8) is 0 Å². The van der Waals surface area contributed by atoms with Crippen molar-refractivity contribution in [1.82, 2.24) is 4.90 Å². The van der Waals surface area contributed by atoms with Gasteiger partial charge in [-0.25, -0.2) is 4.39 Å². The zero-order valence-corrected chi connectivity index (χ0v) is 14.0. The summed E-state index contributed by atoms with van der Waals surface area (Å²) >= 11 is 3.37. The highest BCUT2D eigenvalue weighted by Gasteiger charge is 2.44. The molecule has 0 radical (unpaired) electrons. The maximum Gasteiger partial charge on any atom is 0.124 e. The van der Waals surface area contributed by atoms with Gasteiger partial charge in [0.25, 0.3) is 0 Å². The van der Waals surface area contributed by atoms with Crippen LogP contribution < -0.4 is 5.73 Å². The van der Waals surface area contributed by atoms with Gasteiger partial charge in [-0.2, -0.15) is 0 Å². The molecule has 1 aliphatic carbocycles. The molecule has 0 bridgehead atoms. The minimum atomic E-state index is -0.187. The summed E-state index contributed by atoms with van der Waals surface area (Å²) in [5.74, 6) is -0.187. The van der Waals surface area contributed by atoms with E-state index in [4.69, 9.17) is 5.73 Å². The highest BCUT2D eigenvalue weighted by Crippen LogP contribution is 2.40. The van der Waals surface area contributed by atoms with Gasteiger partial charge in [0.05, 0.1) is 0 Å². The van der Waals surface area contributed by atoms with E-state index in [1.807, 2.05) is 6.07 Å². The van der Waals surface area contributed by atoms with E-state index in [0.717, 1.165) is 16.5 Å². The van der Waals surface area contributed by atoms with E-state index in [9.17, 15) is 4.39 Å². The molecule has 3 rings (SSSR count). The normalized spacial score (nSPS) is 23.6. The minimum absolute atomic E-state index is 0.0896. The molecule has 1 atom stereocenters. The topological polar surface area (TPSA) is 29.3 Å². The molecule has 1 heterocycles. The van der Waals surface area contributed by atoms with Gasteiger partial charge in [0, 0.05) is 16.1 Å². The lowest BCUT2D eigenvalue weighted by atomic mass is 9.83. The first-order valence-electron chi connectivity index (χ1n) is 8.06. The third-order valence-electron chi connectivity index (χ3n) is 5.27. The highest BCUT2D eigenvalue weighted by atomic mass is 79.9. The van der Waals surface area contributed by atoms with Gasteiger partial charge < -0.3 is 5.73 Å². The Morgan fingerprint density at radius 3 is 2.43 bits per heavy atom. The van der Waals surface area contributed by atoms with Crippen LogP contribution in [0.3, 0.4) is 0 Å². The molecule has 1 aliphatic heterocycles. The Morgan fingerprint density at radius 2 is 1.81 bits per heavy atom. The number of nitrogens with zero attached hydrogens (tertiary/aromatic N) is 1. The van der Waals surface area contributed by atoms with E-state index in [2.05, 4.69) is 20.8 Å². The average molecular weight is 355 g/mol. The molecule has 0 amide bonds. The Kier molecular flexibility index (Phi) is 4.67. The Balaban J connectivity index is 1.79. The molecule has 2 fully saturated rings. The first-order chi connectivity index (χ1) is 10.1. The van der Waals surface area contributed by atoms with Crippen LogP contribution in [0.1, 0.15) is 44.1 Å². The molecule has 2 aliphatic rings. The standard InChI is InChI=1S/C17H24BrFN2/c18-14-9-13(10-15(19)12-14)11-16(20)17(5-1-2-6-17)21-7-3-4-8-21/h9-10,12,16H,1-8,11,20H2. The van der Waals surface area contributed by atoms with Crippen molar-refractivity contribution in [2.24, 2.45) is 5.73 Å². The van der Waals surface area contributed by atoms with Crippen LogP contribution >= 0.6 is 15.9 Å². The second-order valence-corrected chi connectivity index (χ2v) is 7.51. The predicted octanol–water partition coefficient (Wildman–Crippen LogP) is 3.87. The summed E-state index contributed by atoms with van der Waals surface area (Å²) in [7, 11) is 0. The number of rotatable bonds is 4. The lowest BCUT2D eigenvalue weighted by molar-refractivity contribution is 0.0921. The molecular weight excluding hydrogens is 331 g/mol. The fraction of sp³-hybridized carbons (Fsp3) is 0.647. The third kappa shape index (κ3) is 3.17. The van der Waals surface area contributed by atoms with Crippen LogP contribution in [0.2, 0.25) is 0 Å². The molecule has 21 heavy (non-hydrogen) atoms. The van der Waals surface area contributed by atoms with Gasteiger partial charge in [-0.05, 0) is 69.0 Å². The van der Waals surface area contributed by atoms with Gasteiger partial charge in [-0.3, -0.25) is 4.90 Å². The van der Waals surface area contributed by atoms with E-state index in [0.29, 0.717) is 0 Å². The van der Waals surface area contributed by atoms with E-state index in [1.165, 1.54) is 57.7 Å². The summed E-state index contributed by atoms with van der Waals surface area (Å²) in [5, 5.41) is 0. The van der Waals surface area contributed by atoms with Crippen molar-refractivity contribution in [1.29, 1.82) is 0 Å². The largest absolute Gasteiger partial charge is 0.326 e. The van der Waals surface area contributed by atoms with Crippen molar-refractivity contribution in [2.45, 2.75) is 56.5 Å². The Bertz CT molecular complexity index is 473. The van der Waals surface area contributed by atoms with E-state index >= 15 is 0 Å². The van der Waals surface area contributed by atoms with Crippen LogP contribution in [0.5, 0.6) is 0 Å². The van der Waals surface area contributed by atoms with Crippen molar-refractivity contribution in [2.75, 3.05) is 13.1 Å². The van der Waals surface area contributed by atoms with Crippen molar-refractivity contribution in [3.05, 3.63) is 34.1 Å². The van der Waals surface area contributed by atoms with Crippen LogP contribution in [-0.2, 0) is 6.42 Å². The fourth-order valence-corrected chi connectivity index (χ4v) is 4.76. The smallest absolute Gasteiger partial charge is 0.124 e. The zero-order chi connectivity index (χ0) is 14.9. The first kappa shape index (κ1) is 15.4. The quantitative estimate of drug-likeness (QED) is 0.889. The molecule has 1 unspecified atom stereocenters. The molecule has 2 nitrogen and oxygen atoms in total. The number of hydrogen-bond acceptors (Lipinski definition) is 2. The van der Waals surface area contributed by atoms with Crippen molar-refractivity contribution < 1.29 is 4.39 Å². The van der Waals surface area contributed by atoms with Crippen LogP contribution in [0.25, 0.3) is 0 Å². The van der Waals surface area contributed by atoms with Crippen LogP contribution in [0, 0.1) is 5.82 Å². The maximum absolute atomic E-state index is 13.6. The van der Waals surface area contributed by atoms with Gasteiger partial charge in [-0.15, -0.1) is 0 Å². The first-order valence-corrected chi connectivity index (χ1v) is 8.85. The summed E-state index contributed by atoms with van der Waals surface area (Å²) < 4.78 is 14.4. The predicted molar refractivity (Wildman–Crippen MR) is 87.8 cm³/mol. The number of halogens is 2. The van der Waals surface area contributed by atoms with Crippen LogP contribution in [0.15, 0.2) is 22.7 Å². The fourth-order valence-electron chi connectivity index (χ4n) is 4.24. The van der Waals surface area contributed by atoms with Gasteiger partial charge in [0.15, 0.2) is 0 Å². The average Bonchev–Trinajstić information content (AvgIpc) is 3.09. The monoisotopic (exact) mass is 354 g/mol. The molecule has 2 N–H and O–H groups in total. The molecule has 0 aromatic heterocycles. The van der Waals surface area contributed by atoms with E-state index < -0.39 is 0 Å². The van der Waals surface area contributed by atoms with Gasteiger partial charge >= 0.3 is 0 Å². The number of hydrogen-bond donors (Lipinski definition) is 1. The molecule has 1 aromatic rings. The third-order valence-corrected chi connectivity index (χ3v) is 5.73. The summed E-state index contributed by atoms with van der Waals surface area (Å²) in [6, 6.07) is 5.21. The molecule has 0 spiro atoms. The lowest BCUT2D eigenvalue weighted by Crippen LogP contribution is -2.58. The molecule has 116 valence electrons. The van der Waals surface area contributed by atoms with Crippen LogP contribution in [0.4, 0.5) is 4.39 Å². The molecule has 1 aromatic carbocycles. The van der Waals surface area contributed by atoms with Crippen molar-refractivity contribution in [3.8, 4) is 0 Å². The molecule has 4 heteroatoms. The summed E-state index contributed by atoms with van der Waals surface area (Å²) in [6.07, 6.45) is 8.29. The number of benzene rings is 1. The molecule has 1 saturated heterocycles. The van der Waals surface area contributed by atoms with Gasteiger partial charge in [0.1, 0.15) is 5.82 Å². The second kappa shape index (κ2) is 6.35. The highest BCUT2D eigenvalue weighted by molar-refractivity contribution is 9.10. The maximum atomic E-state index is 13.6. The number of likely N-dealkylation sites (tertiary alicyclic amines) is 1. The Labute approximate surface area is 135 Å². The SMILES string of the molecule is NC(Cc1cc(F)cc(Br)c1)C1(N2CCCC2)CCCC1. The summed E-state index contributed by atoms with van der Waals surface area (Å²) in [5.41, 5.74) is 7.79. The van der Waals surface area contributed by atoms with Crippen LogP contribution in [-0.4, -0.2) is 29.6 Å². The molecular formula is C17H24BrFN2. The minimum Gasteiger partial charge on any atom is -0.326 e. The lowest BCUT2D eigenvalue weighted by Gasteiger charge is -2.43. The van der Waals surface area contributed by atoms with Gasteiger partial charge in [0.2, 0.25) is 0 Å². The zero-order valence-electron chi connectivity index (χ0n) is 12.5. The summed E-state index contributed by atoms with van der Waals surface area (Å²) in [4.78, 5) is 2.62. The Morgan fingerprint density at radius 1 is 1.14 bits per heavy atom. The van der Waals surface area contributed by atoms with Gasteiger partial charge in [-0.1, -0.05) is 28.8 Å². The van der Waals surface area contributed by atoms with E-state index in [1.54, 1.807) is 6.07 Å². The van der Waals surface area contributed by atoms with Crippen molar-refractivity contribution >= 4 is 15.9 Å². The molecule has 1 saturated carbocycles. The Hall–Kier alpha value is -0.450.